The van der Waals surface area contributed by atoms with Gasteiger partial charge in [-0.3, -0.25) is 0 Å². The first-order valence-corrected chi connectivity index (χ1v) is 6.62. The molecule has 1 aromatic rings. The van der Waals surface area contributed by atoms with Crippen LogP contribution in [-0.4, -0.2) is 40.1 Å². The van der Waals surface area contributed by atoms with Crippen molar-refractivity contribution in [2.75, 3.05) is 6.61 Å². The number of hydrogen-bond acceptors (Lipinski definition) is 6. The van der Waals surface area contributed by atoms with Gasteiger partial charge in [-0.1, -0.05) is 28.1 Å². The zero-order valence-corrected chi connectivity index (χ0v) is 11.9. The molecule has 0 saturated carbocycles. The fourth-order valence-electron chi connectivity index (χ4n) is 1.75. The lowest BCUT2D eigenvalue weighted by Gasteiger charge is -2.18. The van der Waals surface area contributed by atoms with Gasteiger partial charge in [0, 0.05) is 4.47 Å². The molecule has 108 valence electrons. The number of ether oxygens (including phenoxy) is 2. The summed E-state index contributed by atoms with van der Waals surface area (Å²) < 4.78 is 11.0. The molecule has 6 nitrogen and oxygen atoms in total. The number of carbonyl (C=O) groups excluding carboxylic acids is 1. The van der Waals surface area contributed by atoms with Crippen LogP contribution in [-0.2, 0) is 20.9 Å². The number of cyclic esters (lactones) is 1. The zero-order valence-electron chi connectivity index (χ0n) is 10.3. The fourth-order valence-corrected chi connectivity index (χ4v) is 2.19. The van der Waals surface area contributed by atoms with E-state index in [0.717, 1.165) is 10.0 Å². The van der Waals surface area contributed by atoms with Crippen molar-refractivity contribution in [3.63, 3.8) is 0 Å². The molecule has 2 atom stereocenters. The van der Waals surface area contributed by atoms with Crippen LogP contribution in [0.15, 0.2) is 40.3 Å². The van der Waals surface area contributed by atoms with Crippen LogP contribution >= 0.6 is 15.9 Å². The van der Waals surface area contributed by atoms with Gasteiger partial charge >= 0.3 is 5.97 Å². The van der Waals surface area contributed by atoms with Crippen LogP contribution in [0.2, 0.25) is 0 Å². The highest BCUT2D eigenvalue weighted by atomic mass is 79.9. The first-order valence-electron chi connectivity index (χ1n) is 5.83. The molecule has 0 saturated heterocycles. The largest absolute Gasteiger partial charge is 0.499 e. The molecular formula is C13H13BrO6. The third kappa shape index (κ3) is 3.12. The van der Waals surface area contributed by atoms with Crippen LogP contribution in [0.1, 0.15) is 5.56 Å². The summed E-state index contributed by atoms with van der Waals surface area (Å²) in [4.78, 5) is 11.3. The highest BCUT2D eigenvalue weighted by Gasteiger charge is 2.40. The summed E-state index contributed by atoms with van der Waals surface area (Å²) in [6.45, 7) is -0.529. The van der Waals surface area contributed by atoms with Crippen LogP contribution in [0.4, 0.5) is 0 Å². The summed E-state index contributed by atoms with van der Waals surface area (Å²) in [5, 5.41) is 28.0. The molecule has 3 N–H and O–H groups in total. The average Bonchev–Trinajstić information content (AvgIpc) is 2.72. The molecule has 0 radical (unpaired) electrons. The predicted molar refractivity (Wildman–Crippen MR) is 71.6 cm³/mol. The molecular weight excluding hydrogens is 332 g/mol. The first-order chi connectivity index (χ1) is 9.52. The summed E-state index contributed by atoms with van der Waals surface area (Å²) in [5.41, 5.74) is 0.802. The number of aliphatic hydroxyl groups excluding tert-OH is 3. The van der Waals surface area contributed by atoms with Crippen molar-refractivity contribution in [3.8, 4) is 0 Å². The standard InChI is InChI=1S/C13H13BrO6/c14-8-3-1-2-7(4-8)6-19-12-10(17)13(18)20-11(12)9(16)5-15/h1-4,9,11,15-17H,5-6H2/t9-,11+/m0/s1. The first kappa shape index (κ1) is 14.8. The third-order valence-electron chi connectivity index (χ3n) is 2.74. The summed E-state index contributed by atoms with van der Waals surface area (Å²) in [6.07, 6.45) is -2.54. The number of esters is 1. The molecule has 1 aliphatic rings. The van der Waals surface area contributed by atoms with Crippen LogP contribution < -0.4 is 0 Å². The smallest absolute Gasteiger partial charge is 0.378 e. The zero-order chi connectivity index (χ0) is 14.7. The SMILES string of the molecule is O=C1O[C@H]([C@@H](O)CO)C(OCc2cccc(Br)c2)=C1O. The number of aliphatic hydroxyl groups is 3. The van der Waals surface area contributed by atoms with Gasteiger partial charge in [-0.2, -0.15) is 0 Å². The van der Waals surface area contributed by atoms with Gasteiger partial charge in [0.25, 0.3) is 0 Å². The molecule has 7 heteroatoms. The van der Waals surface area contributed by atoms with Crippen molar-refractivity contribution < 1.29 is 29.6 Å². The summed E-state index contributed by atoms with van der Waals surface area (Å²) >= 11 is 3.31. The van der Waals surface area contributed by atoms with Crippen molar-refractivity contribution in [2.24, 2.45) is 0 Å². The van der Waals surface area contributed by atoms with E-state index in [1.165, 1.54) is 0 Å². The Morgan fingerprint density at radius 2 is 2.20 bits per heavy atom. The fraction of sp³-hybridized carbons (Fsp3) is 0.308. The molecule has 1 heterocycles. The minimum atomic E-state index is -1.35. The Hall–Kier alpha value is -1.57. The van der Waals surface area contributed by atoms with Gasteiger partial charge in [0.2, 0.25) is 5.76 Å². The van der Waals surface area contributed by atoms with Crippen LogP contribution in [0, 0.1) is 0 Å². The van der Waals surface area contributed by atoms with Crippen LogP contribution in [0.25, 0.3) is 0 Å². The van der Waals surface area contributed by atoms with Crippen molar-refractivity contribution >= 4 is 21.9 Å². The third-order valence-corrected chi connectivity index (χ3v) is 3.23. The number of rotatable bonds is 5. The van der Waals surface area contributed by atoms with E-state index in [4.69, 9.17) is 14.6 Å². The molecule has 2 rings (SSSR count). The molecule has 20 heavy (non-hydrogen) atoms. The molecule has 0 spiro atoms. The minimum Gasteiger partial charge on any atom is -0.499 e. The highest BCUT2D eigenvalue weighted by molar-refractivity contribution is 9.10. The van der Waals surface area contributed by atoms with Crippen molar-refractivity contribution in [3.05, 3.63) is 45.8 Å². The number of hydrogen-bond donors (Lipinski definition) is 3. The molecule has 0 aliphatic carbocycles. The second-order valence-corrected chi connectivity index (χ2v) is 5.12. The van der Waals surface area contributed by atoms with E-state index in [2.05, 4.69) is 15.9 Å². The Morgan fingerprint density at radius 3 is 2.85 bits per heavy atom. The Morgan fingerprint density at radius 1 is 1.45 bits per heavy atom. The van der Waals surface area contributed by atoms with Gasteiger partial charge in [0.1, 0.15) is 12.7 Å². The maximum absolute atomic E-state index is 11.3. The van der Waals surface area contributed by atoms with Crippen molar-refractivity contribution in [2.45, 2.75) is 18.8 Å². The van der Waals surface area contributed by atoms with E-state index in [1.54, 1.807) is 6.07 Å². The highest BCUT2D eigenvalue weighted by Crippen LogP contribution is 2.26. The summed E-state index contributed by atoms with van der Waals surface area (Å²) in [5.74, 6) is -1.83. The maximum atomic E-state index is 11.3. The molecule has 0 unspecified atom stereocenters. The van der Waals surface area contributed by atoms with E-state index in [0.29, 0.717) is 0 Å². The minimum absolute atomic E-state index is 0.0874. The lowest BCUT2D eigenvalue weighted by Crippen LogP contribution is -2.32. The Kier molecular flexibility index (Phi) is 4.64. The normalized spacial score (nSPS) is 19.9. The van der Waals surface area contributed by atoms with Crippen molar-refractivity contribution in [1.29, 1.82) is 0 Å². The second-order valence-electron chi connectivity index (χ2n) is 4.21. The molecule has 1 aromatic carbocycles. The van der Waals surface area contributed by atoms with Gasteiger partial charge in [-0.05, 0) is 17.7 Å². The van der Waals surface area contributed by atoms with E-state index >= 15 is 0 Å². The number of benzene rings is 1. The second kappa shape index (κ2) is 6.25. The lowest BCUT2D eigenvalue weighted by molar-refractivity contribution is -0.148. The molecule has 1 aliphatic heterocycles. The lowest BCUT2D eigenvalue weighted by atomic mass is 10.2. The molecule has 0 fully saturated rings. The summed E-state index contributed by atoms with van der Waals surface area (Å²) in [6, 6.07) is 7.28. The van der Waals surface area contributed by atoms with E-state index in [-0.39, 0.29) is 12.4 Å². The van der Waals surface area contributed by atoms with Crippen LogP contribution in [0.5, 0.6) is 0 Å². The van der Waals surface area contributed by atoms with Gasteiger partial charge < -0.3 is 24.8 Å². The van der Waals surface area contributed by atoms with E-state index < -0.39 is 30.5 Å². The number of carbonyl (C=O) groups is 1. The maximum Gasteiger partial charge on any atom is 0.378 e. The predicted octanol–water partition coefficient (Wildman–Crippen LogP) is 1.01. The van der Waals surface area contributed by atoms with Gasteiger partial charge in [-0.15, -0.1) is 0 Å². The number of halogens is 1. The van der Waals surface area contributed by atoms with E-state index in [1.807, 2.05) is 18.2 Å². The molecule has 0 bridgehead atoms. The van der Waals surface area contributed by atoms with Gasteiger partial charge in [-0.25, -0.2) is 4.79 Å². The Bertz CT molecular complexity index is 541. The Labute approximate surface area is 123 Å². The van der Waals surface area contributed by atoms with Crippen molar-refractivity contribution in [1.82, 2.24) is 0 Å². The summed E-state index contributed by atoms with van der Waals surface area (Å²) in [7, 11) is 0. The average molecular weight is 345 g/mol. The molecule has 0 aromatic heterocycles. The monoisotopic (exact) mass is 344 g/mol. The molecule has 0 amide bonds. The Balaban J connectivity index is 2.11. The van der Waals surface area contributed by atoms with Crippen LogP contribution in [0.3, 0.4) is 0 Å². The van der Waals surface area contributed by atoms with Gasteiger partial charge in [0.15, 0.2) is 11.9 Å². The van der Waals surface area contributed by atoms with Gasteiger partial charge in [0.05, 0.1) is 6.61 Å². The van der Waals surface area contributed by atoms with E-state index in [9.17, 15) is 15.0 Å². The topological polar surface area (TPSA) is 96.2 Å². The quantitative estimate of drug-likeness (QED) is 0.690.